The Kier molecular flexibility index (Phi) is 3.18. The smallest absolute Gasteiger partial charge is 0.326 e. The van der Waals surface area contributed by atoms with Gasteiger partial charge in [0.15, 0.2) is 9.66 Å². The Morgan fingerprint density at radius 2 is 2.29 bits per heavy atom. The van der Waals surface area contributed by atoms with Gasteiger partial charge in [-0.3, -0.25) is 0 Å². The van der Waals surface area contributed by atoms with E-state index in [4.69, 9.17) is 0 Å². The van der Waals surface area contributed by atoms with E-state index in [2.05, 4.69) is 35.8 Å². The molecule has 0 N–H and O–H groups in total. The molecule has 0 radical (unpaired) electrons. The molecule has 9 heteroatoms. The molecule has 0 aliphatic heterocycles. The summed E-state index contributed by atoms with van der Waals surface area (Å²) in [6.07, 6.45) is 3.03. The zero-order valence-electron chi connectivity index (χ0n) is 9.24. The second kappa shape index (κ2) is 4.62. The molecule has 2 heterocycles. The van der Waals surface area contributed by atoms with E-state index in [0.29, 0.717) is 16.2 Å². The van der Waals surface area contributed by atoms with Crippen LogP contribution in [-0.4, -0.2) is 36.3 Å². The summed E-state index contributed by atoms with van der Waals surface area (Å²) in [5, 5.41) is 4.02. The van der Waals surface area contributed by atoms with E-state index in [1.165, 1.54) is 13.4 Å². The van der Waals surface area contributed by atoms with Crippen molar-refractivity contribution in [2.75, 3.05) is 7.11 Å². The average molecular weight is 302 g/mol. The predicted octanol–water partition coefficient (Wildman–Crippen LogP) is 0.794. The van der Waals surface area contributed by atoms with Crippen LogP contribution < -0.4 is 0 Å². The van der Waals surface area contributed by atoms with Gasteiger partial charge in [0.25, 0.3) is 0 Å². The van der Waals surface area contributed by atoms with Crippen molar-refractivity contribution in [3.63, 3.8) is 0 Å². The van der Waals surface area contributed by atoms with E-state index in [9.17, 15) is 4.91 Å². The Morgan fingerprint density at radius 3 is 2.88 bits per heavy atom. The van der Waals surface area contributed by atoms with Crippen LogP contribution in [0.5, 0.6) is 0 Å². The molecule has 0 unspecified atom stereocenters. The number of rotatable bonds is 4. The SMILES string of the molecule is CO[N+](=O)c1ncc(Cn2ncnc2Br)n1C. The summed E-state index contributed by atoms with van der Waals surface area (Å²) in [6, 6.07) is 0. The first-order chi connectivity index (χ1) is 8.13. The quantitative estimate of drug-likeness (QED) is 0.780. The highest BCUT2D eigenvalue weighted by Gasteiger charge is 2.23. The molecule has 0 bridgehead atoms. The fourth-order valence-corrected chi connectivity index (χ4v) is 1.65. The highest BCUT2D eigenvalue weighted by Crippen LogP contribution is 2.14. The van der Waals surface area contributed by atoms with Gasteiger partial charge in [-0.05, 0) is 15.9 Å². The third-order valence-electron chi connectivity index (χ3n) is 2.27. The molecule has 2 aromatic heterocycles. The topological polar surface area (TPSA) is 77.8 Å². The molecular formula is C8H10BrN6O2+. The molecular weight excluding hydrogens is 292 g/mol. The Labute approximate surface area is 105 Å². The van der Waals surface area contributed by atoms with E-state index in [1.54, 1.807) is 22.5 Å². The Bertz CT molecular complexity index is 548. The summed E-state index contributed by atoms with van der Waals surface area (Å²) in [7, 11) is 3.02. The van der Waals surface area contributed by atoms with Crippen molar-refractivity contribution in [2.24, 2.45) is 7.05 Å². The minimum Gasteiger partial charge on any atom is -0.326 e. The number of nitrogens with zero attached hydrogens (tertiary/aromatic N) is 6. The summed E-state index contributed by atoms with van der Waals surface area (Å²) in [4.78, 5) is 24.1. The molecule has 0 aliphatic rings. The minimum absolute atomic E-state index is 0.179. The van der Waals surface area contributed by atoms with Crippen molar-refractivity contribution in [3.05, 3.63) is 27.9 Å². The second-order valence-electron chi connectivity index (χ2n) is 3.23. The largest absolute Gasteiger partial charge is 0.476 e. The van der Waals surface area contributed by atoms with Crippen LogP contribution in [0.4, 0.5) is 5.95 Å². The molecule has 0 aliphatic carbocycles. The molecule has 2 rings (SSSR count). The first kappa shape index (κ1) is 11.7. The number of imidazole rings is 1. The van der Waals surface area contributed by atoms with Gasteiger partial charge in [-0.1, -0.05) is 9.89 Å². The van der Waals surface area contributed by atoms with Gasteiger partial charge in [-0.15, -0.1) is 0 Å². The van der Waals surface area contributed by atoms with Crippen molar-refractivity contribution in [1.29, 1.82) is 0 Å². The first-order valence-electron chi connectivity index (χ1n) is 4.68. The third-order valence-corrected chi connectivity index (χ3v) is 2.88. The van der Waals surface area contributed by atoms with Gasteiger partial charge in [-0.25, -0.2) is 14.2 Å². The van der Waals surface area contributed by atoms with Gasteiger partial charge >= 0.3 is 5.95 Å². The molecule has 2 aromatic rings. The predicted molar refractivity (Wildman–Crippen MR) is 60.3 cm³/mol. The van der Waals surface area contributed by atoms with Gasteiger partial charge < -0.3 is 4.84 Å². The van der Waals surface area contributed by atoms with Crippen LogP contribution in [-0.2, 0) is 18.4 Å². The monoisotopic (exact) mass is 301 g/mol. The highest BCUT2D eigenvalue weighted by atomic mass is 79.9. The molecule has 0 spiro atoms. The Morgan fingerprint density at radius 1 is 1.53 bits per heavy atom. The lowest BCUT2D eigenvalue weighted by Crippen LogP contribution is -2.09. The van der Waals surface area contributed by atoms with Crippen LogP contribution >= 0.6 is 15.9 Å². The fourth-order valence-electron chi connectivity index (χ4n) is 1.34. The maximum atomic E-state index is 11.3. The van der Waals surface area contributed by atoms with Crippen LogP contribution in [0.1, 0.15) is 5.69 Å². The summed E-state index contributed by atoms with van der Waals surface area (Å²) < 4.78 is 3.89. The third kappa shape index (κ3) is 2.18. The van der Waals surface area contributed by atoms with Crippen molar-refractivity contribution in [3.8, 4) is 0 Å². The maximum absolute atomic E-state index is 11.3. The van der Waals surface area contributed by atoms with Crippen LogP contribution in [0.2, 0.25) is 0 Å². The van der Waals surface area contributed by atoms with E-state index >= 15 is 0 Å². The number of hydrogen-bond acceptors (Lipinski definition) is 5. The van der Waals surface area contributed by atoms with E-state index in [0.717, 1.165) is 5.69 Å². The van der Waals surface area contributed by atoms with Crippen LogP contribution in [0.25, 0.3) is 0 Å². The maximum Gasteiger partial charge on any atom is 0.476 e. The molecule has 8 nitrogen and oxygen atoms in total. The lowest BCUT2D eigenvalue weighted by molar-refractivity contribution is -0.742. The van der Waals surface area contributed by atoms with Gasteiger partial charge in [0.2, 0.25) is 0 Å². The van der Waals surface area contributed by atoms with E-state index in [-0.39, 0.29) is 5.95 Å². The standard InChI is InChI=1S/C8H10BrN6O2/c1-13-6(3-10-8(13)15(16)17-2)4-14-7(9)11-5-12-14/h3,5H,4H2,1-2H3/q+1. The number of halogens is 1. The molecule has 90 valence electrons. The molecule has 0 saturated heterocycles. The van der Waals surface area contributed by atoms with Crippen LogP contribution in [0.15, 0.2) is 17.3 Å². The summed E-state index contributed by atoms with van der Waals surface area (Å²) in [5.41, 5.74) is 0.809. The zero-order valence-corrected chi connectivity index (χ0v) is 10.8. The van der Waals surface area contributed by atoms with Crippen LogP contribution in [0, 0.1) is 4.91 Å². The molecule has 0 saturated carbocycles. The Balaban J connectivity index is 2.26. The van der Waals surface area contributed by atoms with E-state index < -0.39 is 0 Å². The lowest BCUT2D eigenvalue weighted by atomic mass is 10.5. The molecule has 0 atom stereocenters. The van der Waals surface area contributed by atoms with Crippen molar-refractivity contribution in [1.82, 2.24) is 24.3 Å². The normalized spacial score (nSPS) is 10.5. The lowest BCUT2D eigenvalue weighted by Gasteiger charge is -2.00. The molecule has 0 aromatic carbocycles. The highest BCUT2D eigenvalue weighted by molar-refractivity contribution is 9.10. The fraction of sp³-hybridized carbons (Fsp3) is 0.375. The van der Waals surface area contributed by atoms with Gasteiger partial charge in [0.1, 0.15) is 31.9 Å². The summed E-state index contributed by atoms with van der Waals surface area (Å²) in [6.45, 7) is 0.460. The van der Waals surface area contributed by atoms with Gasteiger partial charge in [-0.2, -0.15) is 5.10 Å². The van der Waals surface area contributed by atoms with Gasteiger partial charge in [0, 0.05) is 0 Å². The average Bonchev–Trinajstić information content (AvgIpc) is 2.87. The van der Waals surface area contributed by atoms with Crippen molar-refractivity contribution >= 4 is 21.9 Å². The Hall–Kier alpha value is -1.77. The summed E-state index contributed by atoms with van der Waals surface area (Å²) in [5.74, 6) is 0.179. The van der Waals surface area contributed by atoms with E-state index in [1.807, 2.05) is 0 Å². The molecule has 0 fully saturated rings. The first-order valence-corrected chi connectivity index (χ1v) is 5.48. The van der Waals surface area contributed by atoms with Crippen molar-refractivity contribution < 1.29 is 9.76 Å². The number of hydrogen-bond donors (Lipinski definition) is 0. The second-order valence-corrected chi connectivity index (χ2v) is 3.94. The number of aromatic nitrogens is 5. The van der Waals surface area contributed by atoms with Crippen LogP contribution in [0.3, 0.4) is 0 Å². The molecule has 17 heavy (non-hydrogen) atoms. The molecule has 0 amide bonds. The zero-order chi connectivity index (χ0) is 12.4. The van der Waals surface area contributed by atoms with Gasteiger partial charge in [0.05, 0.1) is 7.05 Å². The van der Waals surface area contributed by atoms with Crippen molar-refractivity contribution in [2.45, 2.75) is 6.54 Å². The minimum atomic E-state index is 0.179. The summed E-state index contributed by atoms with van der Waals surface area (Å²) >= 11 is 3.26.